The Labute approximate surface area is 209 Å². The summed E-state index contributed by atoms with van der Waals surface area (Å²) in [5.41, 5.74) is 3.77. The summed E-state index contributed by atoms with van der Waals surface area (Å²) in [4.78, 5) is 39.6. The minimum Gasteiger partial charge on any atom is -0.480 e. The highest BCUT2D eigenvalue weighted by Crippen LogP contribution is 2.45. The molecule has 7 nitrogen and oxygen atoms in total. The molecule has 2 aliphatic carbocycles. The Morgan fingerprint density at radius 1 is 1.11 bits per heavy atom. The Balaban J connectivity index is 1.26. The number of aliphatic carboxylic acids is 1. The Morgan fingerprint density at radius 3 is 2.43 bits per heavy atom. The quantitative estimate of drug-likeness (QED) is 0.650. The van der Waals surface area contributed by atoms with Crippen LogP contribution >= 0.6 is 11.8 Å². The number of carbonyl (C=O) groups is 3. The standard InChI is InChI=1S/C27H30N2O5S/c1-27(25(32)29-13-14-35-16-22(29)24(30)31)12-6-11-23(27)28-26(33)34-15-21-19-9-4-2-7-17(19)18-8-3-5-10-20(18)21/h2-5,7-10,21-23H,6,11-16H2,1H3,(H,28,33)(H,30,31). The van der Waals surface area contributed by atoms with E-state index in [1.807, 2.05) is 31.2 Å². The van der Waals surface area contributed by atoms with Gasteiger partial charge in [-0.05, 0) is 42.0 Å². The minimum atomic E-state index is -0.979. The van der Waals surface area contributed by atoms with E-state index in [1.54, 1.807) is 11.8 Å². The van der Waals surface area contributed by atoms with E-state index in [1.165, 1.54) is 16.0 Å². The van der Waals surface area contributed by atoms with E-state index in [4.69, 9.17) is 4.74 Å². The lowest BCUT2D eigenvalue weighted by Crippen LogP contribution is -2.58. The van der Waals surface area contributed by atoms with E-state index < -0.39 is 29.6 Å². The van der Waals surface area contributed by atoms with Crippen LogP contribution in [0.25, 0.3) is 11.1 Å². The summed E-state index contributed by atoms with van der Waals surface area (Å²) in [5, 5.41) is 12.6. The highest BCUT2D eigenvalue weighted by atomic mass is 32.2. The number of nitrogens with zero attached hydrogens (tertiary/aromatic N) is 1. The zero-order chi connectivity index (χ0) is 24.6. The lowest BCUT2D eigenvalue weighted by molar-refractivity contribution is -0.154. The molecule has 35 heavy (non-hydrogen) atoms. The maximum absolute atomic E-state index is 13.5. The first kappa shape index (κ1) is 23.7. The third kappa shape index (κ3) is 4.29. The fraction of sp³-hybridized carbons (Fsp3) is 0.444. The SMILES string of the molecule is CC1(C(=O)N2CCSCC2C(=O)O)CCCC1NC(=O)OCC1c2ccccc2-c2ccccc21. The van der Waals surface area contributed by atoms with Gasteiger partial charge in [0.25, 0.3) is 0 Å². The predicted molar refractivity (Wildman–Crippen MR) is 134 cm³/mol. The lowest BCUT2D eigenvalue weighted by Gasteiger charge is -2.40. The molecule has 0 bridgehead atoms. The average molecular weight is 495 g/mol. The summed E-state index contributed by atoms with van der Waals surface area (Å²) >= 11 is 1.55. The predicted octanol–water partition coefficient (Wildman–Crippen LogP) is 4.11. The van der Waals surface area contributed by atoms with Crippen LogP contribution in [0.4, 0.5) is 4.79 Å². The number of rotatable bonds is 5. The van der Waals surface area contributed by atoms with Crippen LogP contribution in [0.15, 0.2) is 48.5 Å². The van der Waals surface area contributed by atoms with Crippen molar-refractivity contribution in [3.05, 3.63) is 59.7 Å². The maximum atomic E-state index is 13.5. The molecule has 8 heteroatoms. The van der Waals surface area contributed by atoms with Crippen molar-refractivity contribution in [2.75, 3.05) is 24.7 Å². The number of alkyl carbamates (subject to hydrolysis) is 1. The number of benzene rings is 2. The van der Waals surface area contributed by atoms with Crippen molar-refractivity contribution in [1.29, 1.82) is 0 Å². The van der Waals surface area contributed by atoms with Gasteiger partial charge in [0.1, 0.15) is 12.6 Å². The monoisotopic (exact) mass is 494 g/mol. The van der Waals surface area contributed by atoms with Gasteiger partial charge in [0.2, 0.25) is 5.91 Å². The van der Waals surface area contributed by atoms with Gasteiger partial charge in [-0.25, -0.2) is 9.59 Å². The fourth-order valence-electron chi connectivity index (χ4n) is 5.82. The highest BCUT2D eigenvalue weighted by Gasteiger charge is 2.50. The van der Waals surface area contributed by atoms with Crippen molar-refractivity contribution in [3.8, 4) is 11.1 Å². The lowest BCUT2D eigenvalue weighted by atomic mass is 9.82. The number of carboxylic acid groups (broad SMARTS) is 1. The van der Waals surface area contributed by atoms with Gasteiger partial charge in [0.15, 0.2) is 0 Å². The molecule has 2 amide bonds. The zero-order valence-corrected chi connectivity index (χ0v) is 20.6. The first-order chi connectivity index (χ1) is 16.9. The van der Waals surface area contributed by atoms with E-state index in [0.29, 0.717) is 25.1 Å². The van der Waals surface area contributed by atoms with Crippen LogP contribution in [0.3, 0.4) is 0 Å². The minimum absolute atomic E-state index is 0.0353. The number of ether oxygens (including phenoxy) is 1. The molecule has 184 valence electrons. The molecule has 3 aliphatic rings. The summed E-state index contributed by atoms with van der Waals surface area (Å²) in [5.74, 6) is -0.0932. The van der Waals surface area contributed by atoms with Gasteiger partial charge in [0.05, 0.1) is 5.41 Å². The highest BCUT2D eigenvalue weighted by molar-refractivity contribution is 7.99. The Morgan fingerprint density at radius 2 is 1.77 bits per heavy atom. The number of thioether (sulfide) groups is 1. The van der Waals surface area contributed by atoms with Gasteiger partial charge in [-0.2, -0.15) is 11.8 Å². The van der Waals surface area contributed by atoms with Gasteiger partial charge in [-0.1, -0.05) is 55.0 Å². The summed E-state index contributed by atoms with van der Waals surface area (Å²) in [7, 11) is 0. The Kier molecular flexibility index (Phi) is 6.49. The molecule has 2 aromatic rings. The van der Waals surface area contributed by atoms with Crippen molar-refractivity contribution in [2.45, 2.75) is 44.2 Å². The molecule has 2 aromatic carbocycles. The summed E-state index contributed by atoms with van der Waals surface area (Å²) in [6.07, 6.45) is 1.52. The van der Waals surface area contributed by atoms with Crippen LogP contribution in [-0.4, -0.2) is 64.7 Å². The fourth-order valence-corrected chi connectivity index (χ4v) is 6.85. The van der Waals surface area contributed by atoms with Crippen LogP contribution in [-0.2, 0) is 14.3 Å². The number of fused-ring (bicyclic) bond motifs is 3. The second kappa shape index (κ2) is 9.57. The van der Waals surface area contributed by atoms with Crippen molar-refractivity contribution in [3.63, 3.8) is 0 Å². The molecule has 0 radical (unpaired) electrons. The van der Waals surface area contributed by atoms with Gasteiger partial charge >= 0.3 is 12.1 Å². The van der Waals surface area contributed by atoms with Gasteiger partial charge in [0, 0.05) is 30.0 Å². The van der Waals surface area contributed by atoms with Crippen molar-refractivity contribution in [2.24, 2.45) is 5.41 Å². The van der Waals surface area contributed by atoms with E-state index in [0.717, 1.165) is 23.3 Å². The molecule has 1 heterocycles. The van der Waals surface area contributed by atoms with Crippen LogP contribution in [0.1, 0.15) is 43.2 Å². The van der Waals surface area contributed by atoms with E-state index in [9.17, 15) is 19.5 Å². The normalized spacial score (nSPS) is 25.6. The largest absolute Gasteiger partial charge is 0.480 e. The average Bonchev–Trinajstić information content (AvgIpc) is 3.40. The topological polar surface area (TPSA) is 95.9 Å². The van der Waals surface area contributed by atoms with Crippen molar-refractivity contribution < 1.29 is 24.2 Å². The third-order valence-electron chi connectivity index (χ3n) is 7.76. The first-order valence-electron chi connectivity index (χ1n) is 12.1. The zero-order valence-electron chi connectivity index (χ0n) is 19.7. The molecule has 0 spiro atoms. The van der Waals surface area contributed by atoms with Crippen molar-refractivity contribution in [1.82, 2.24) is 10.2 Å². The molecule has 1 saturated carbocycles. The smallest absolute Gasteiger partial charge is 0.407 e. The Hall–Kier alpha value is -3.00. The van der Waals surface area contributed by atoms with Crippen LogP contribution < -0.4 is 5.32 Å². The molecule has 5 rings (SSSR count). The number of hydrogen-bond acceptors (Lipinski definition) is 5. The Bertz CT molecular complexity index is 1110. The first-order valence-corrected chi connectivity index (χ1v) is 13.3. The molecule has 2 N–H and O–H groups in total. The summed E-state index contributed by atoms with van der Waals surface area (Å²) < 4.78 is 5.71. The van der Waals surface area contributed by atoms with Crippen molar-refractivity contribution >= 4 is 29.7 Å². The van der Waals surface area contributed by atoms with Gasteiger partial charge < -0.3 is 20.1 Å². The maximum Gasteiger partial charge on any atom is 0.407 e. The summed E-state index contributed by atoms with van der Waals surface area (Å²) in [6, 6.07) is 15.1. The van der Waals surface area contributed by atoms with Crippen LogP contribution in [0.2, 0.25) is 0 Å². The molecule has 1 saturated heterocycles. The molecule has 3 unspecified atom stereocenters. The number of hydrogen-bond donors (Lipinski definition) is 2. The number of carboxylic acids is 1. The second-order valence-electron chi connectivity index (χ2n) is 9.76. The molecule has 0 aromatic heterocycles. The van der Waals surface area contributed by atoms with E-state index in [2.05, 4.69) is 29.6 Å². The second-order valence-corrected chi connectivity index (χ2v) is 10.9. The van der Waals surface area contributed by atoms with Gasteiger partial charge in [-0.15, -0.1) is 0 Å². The molecular weight excluding hydrogens is 464 g/mol. The summed E-state index contributed by atoms with van der Waals surface area (Å²) in [6.45, 7) is 2.47. The number of nitrogens with one attached hydrogen (secondary N) is 1. The van der Waals surface area contributed by atoms with E-state index >= 15 is 0 Å². The van der Waals surface area contributed by atoms with E-state index in [-0.39, 0.29) is 18.4 Å². The molecular formula is C27H30N2O5S. The van der Waals surface area contributed by atoms with Crippen LogP contribution in [0.5, 0.6) is 0 Å². The molecule has 3 atom stereocenters. The van der Waals surface area contributed by atoms with Gasteiger partial charge in [-0.3, -0.25) is 4.79 Å². The molecule has 1 aliphatic heterocycles. The van der Waals surface area contributed by atoms with Crippen LogP contribution in [0, 0.1) is 5.41 Å². The molecule has 2 fully saturated rings. The number of carbonyl (C=O) groups excluding carboxylic acids is 2. The third-order valence-corrected chi connectivity index (χ3v) is 8.78. The number of amides is 2.